The lowest BCUT2D eigenvalue weighted by Gasteiger charge is -2.48. The van der Waals surface area contributed by atoms with Crippen LogP contribution in [0, 0.1) is 0 Å². The summed E-state index contributed by atoms with van der Waals surface area (Å²) in [5, 5.41) is 6.62. The van der Waals surface area contributed by atoms with Crippen LogP contribution in [-0.2, 0) is 31.7 Å². The third-order valence-corrected chi connectivity index (χ3v) is 14.4. The summed E-state index contributed by atoms with van der Waals surface area (Å²) >= 11 is 0. The minimum absolute atomic E-state index is 0.0335. The molecule has 0 amide bonds. The lowest BCUT2D eigenvalue weighted by Crippen LogP contribution is -2.65. The van der Waals surface area contributed by atoms with E-state index in [1.807, 2.05) is 0 Å². The summed E-state index contributed by atoms with van der Waals surface area (Å²) in [6.45, 7) is 31.6. The van der Waals surface area contributed by atoms with Crippen LogP contribution in [0.25, 0.3) is 0 Å². The topological polar surface area (TPSA) is 21.3 Å². The largest absolute Gasteiger partial charge is 0.393 e. The number of nitrogens with one attached hydrogen (secondary N) is 1. The fraction of sp³-hybridized carbons (Fsp3) is 0.478. The zero-order valence-corrected chi connectivity index (χ0v) is 33.8. The van der Waals surface area contributed by atoms with E-state index in [1.165, 1.54) is 43.8 Å². The van der Waals surface area contributed by atoms with E-state index in [2.05, 4.69) is 192 Å². The summed E-state index contributed by atoms with van der Waals surface area (Å²) in [7, 11) is -2.86. The average Bonchev–Trinajstić information content (AvgIpc) is 3.58. The molecule has 49 heavy (non-hydrogen) atoms. The van der Waals surface area contributed by atoms with Gasteiger partial charge in [0, 0.05) is 6.04 Å². The third kappa shape index (κ3) is 7.70. The molecule has 4 aromatic rings. The molecule has 1 aliphatic rings. The summed E-state index contributed by atoms with van der Waals surface area (Å²) in [6.07, 6.45) is 2.17. The van der Waals surface area contributed by atoms with Crippen molar-refractivity contribution in [1.82, 2.24) is 5.32 Å². The molecule has 0 unspecified atom stereocenters. The van der Waals surface area contributed by atoms with Crippen LogP contribution < -0.4 is 15.7 Å². The quantitative estimate of drug-likeness (QED) is 0.197. The van der Waals surface area contributed by atoms with Crippen molar-refractivity contribution in [2.45, 2.75) is 136 Å². The summed E-state index contributed by atoms with van der Waals surface area (Å²) in [5.41, 5.74) is 7.05. The van der Waals surface area contributed by atoms with Crippen molar-refractivity contribution < 1.29 is 4.43 Å². The second kappa shape index (κ2) is 13.3. The van der Waals surface area contributed by atoms with E-state index in [9.17, 15) is 0 Å². The molecule has 1 aliphatic heterocycles. The zero-order valence-electron chi connectivity index (χ0n) is 32.8. The van der Waals surface area contributed by atoms with E-state index in [0.29, 0.717) is 0 Å². The fourth-order valence-electron chi connectivity index (χ4n) is 7.32. The summed E-state index contributed by atoms with van der Waals surface area (Å²) in [5.74, 6) is 0. The second-order valence-corrected chi connectivity index (χ2v) is 22.3. The summed E-state index contributed by atoms with van der Waals surface area (Å²) in [6, 6.07) is 37.2. The van der Waals surface area contributed by atoms with Crippen LogP contribution in [0.3, 0.4) is 0 Å². The van der Waals surface area contributed by atoms with E-state index in [1.54, 1.807) is 0 Å². The highest BCUT2D eigenvalue weighted by Crippen LogP contribution is 2.47. The van der Waals surface area contributed by atoms with Crippen LogP contribution in [0.5, 0.6) is 0 Å². The molecule has 1 fully saturated rings. The standard InChI is InChI=1S/C46H63NOSi/c1-42(2,3)33-27-34(43(4,5)6)30-37(29-33)46(41-25-20-26-47-41,38-31-35(44(7,8)9)28-36(32-38)45(10,11)12)48-49(13,39-21-16-14-17-22-39)40-23-18-15-19-24-40/h14-19,21-24,27-32,41,47H,20,25-26H2,1-13H3/t41-/m0/s1. The van der Waals surface area contributed by atoms with E-state index in [0.717, 1.165) is 19.4 Å². The molecule has 1 N–H and O–H groups in total. The van der Waals surface area contributed by atoms with Gasteiger partial charge in [-0.15, -0.1) is 0 Å². The predicted octanol–water partition coefficient (Wildman–Crippen LogP) is 10.3. The first-order valence-electron chi connectivity index (χ1n) is 18.5. The minimum atomic E-state index is -2.86. The smallest absolute Gasteiger partial charge is 0.254 e. The highest BCUT2D eigenvalue weighted by molar-refractivity contribution is 6.96. The number of benzene rings is 4. The predicted molar refractivity (Wildman–Crippen MR) is 214 cm³/mol. The van der Waals surface area contributed by atoms with E-state index in [4.69, 9.17) is 4.43 Å². The first-order chi connectivity index (χ1) is 22.7. The van der Waals surface area contributed by atoms with Gasteiger partial charge in [0.1, 0.15) is 5.60 Å². The number of hydrogen-bond acceptors (Lipinski definition) is 2. The molecule has 3 heteroatoms. The van der Waals surface area contributed by atoms with Gasteiger partial charge in [-0.05, 0) is 91.3 Å². The molecule has 0 spiro atoms. The first-order valence-corrected chi connectivity index (χ1v) is 20.9. The Hall–Kier alpha value is -2.98. The fourth-order valence-corrected chi connectivity index (χ4v) is 10.6. The molecule has 0 aliphatic carbocycles. The lowest BCUT2D eigenvalue weighted by atomic mass is 9.71. The van der Waals surface area contributed by atoms with Crippen LogP contribution in [0.4, 0.5) is 0 Å². The van der Waals surface area contributed by atoms with Crippen LogP contribution in [0.15, 0.2) is 97.1 Å². The van der Waals surface area contributed by atoms with Gasteiger partial charge in [0.25, 0.3) is 8.32 Å². The van der Waals surface area contributed by atoms with Crippen LogP contribution in [-0.4, -0.2) is 20.9 Å². The Labute approximate surface area is 300 Å². The monoisotopic (exact) mass is 673 g/mol. The molecule has 1 heterocycles. The molecule has 0 aromatic heterocycles. The molecule has 0 radical (unpaired) electrons. The minimum Gasteiger partial charge on any atom is -0.393 e. The Morgan fingerprint density at radius 3 is 1.12 bits per heavy atom. The SMILES string of the molecule is CC(C)(C)c1cc(C(C)(C)C)cc(C(O[Si](C)(c2ccccc2)c2ccccc2)(c2cc(C(C)(C)C)cc(C(C)(C)C)c2)[C@@H]2CCCN2)c1. The first kappa shape index (κ1) is 37.3. The van der Waals surface area contributed by atoms with Gasteiger partial charge in [-0.2, -0.15) is 0 Å². The molecule has 262 valence electrons. The van der Waals surface area contributed by atoms with Gasteiger partial charge in [0.2, 0.25) is 0 Å². The van der Waals surface area contributed by atoms with E-state index < -0.39 is 13.9 Å². The van der Waals surface area contributed by atoms with Crippen LogP contribution >= 0.6 is 0 Å². The summed E-state index contributed by atoms with van der Waals surface area (Å²) in [4.78, 5) is 0. The molecule has 1 atom stereocenters. The van der Waals surface area contributed by atoms with Crippen LogP contribution in [0.1, 0.15) is 129 Å². The van der Waals surface area contributed by atoms with Crippen molar-refractivity contribution in [3.05, 3.63) is 130 Å². The van der Waals surface area contributed by atoms with Crippen molar-refractivity contribution in [2.75, 3.05) is 6.54 Å². The molecular weight excluding hydrogens is 611 g/mol. The Morgan fingerprint density at radius 1 is 0.510 bits per heavy atom. The molecule has 0 bridgehead atoms. The van der Waals surface area contributed by atoms with Gasteiger partial charge in [0.15, 0.2) is 0 Å². The number of rotatable bonds is 7. The third-order valence-electron chi connectivity index (χ3n) is 10.8. The van der Waals surface area contributed by atoms with Crippen molar-refractivity contribution in [1.29, 1.82) is 0 Å². The van der Waals surface area contributed by atoms with Crippen molar-refractivity contribution >= 4 is 18.7 Å². The zero-order chi connectivity index (χ0) is 36.0. The van der Waals surface area contributed by atoms with Crippen LogP contribution in [0.2, 0.25) is 6.55 Å². The van der Waals surface area contributed by atoms with Crippen molar-refractivity contribution in [2.24, 2.45) is 0 Å². The van der Waals surface area contributed by atoms with Crippen molar-refractivity contribution in [3.8, 4) is 0 Å². The van der Waals surface area contributed by atoms with Gasteiger partial charge in [-0.25, -0.2) is 0 Å². The maximum atomic E-state index is 8.40. The van der Waals surface area contributed by atoms with Gasteiger partial charge in [-0.3, -0.25) is 0 Å². The highest BCUT2D eigenvalue weighted by atomic mass is 28.4. The maximum absolute atomic E-state index is 8.40. The van der Waals surface area contributed by atoms with Gasteiger partial charge in [-0.1, -0.05) is 180 Å². The lowest BCUT2D eigenvalue weighted by molar-refractivity contribution is 0.0673. The maximum Gasteiger partial charge on any atom is 0.254 e. The Bertz CT molecular complexity index is 1540. The van der Waals surface area contributed by atoms with Gasteiger partial charge < -0.3 is 9.74 Å². The normalized spacial score (nSPS) is 16.6. The molecular formula is C46H63NOSi. The van der Waals surface area contributed by atoms with Crippen molar-refractivity contribution in [3.63, 3.8) is 0 Å². The highest BCUT2D eigenvalue weighted by Gasteiger charge is 2.52. The van der Waals surface area contributed by atoms with Gasteiger partial charge >= 0.3 is 0 Å². The Balaban J connectivity index is 2.00. The Kier molecular flexibility index (Phi) is 10.1. The molecule has 2 nitrogen and oxygen atoms in total. The molecule has 1 saturated heterocycles. The Morgan fingerprint density at radius 2 is 0.837 bits per heavy atom. The summed E-state index contributed by atoms with van der Waals surface area (Å²) < 4.78 is 8.40. The van der Waals surface area contributed by atoms with Gasteiger partial charge in [0.05, 0.1) is 0 Å². The number of hydrogen-bond donors (Lipinski definition) is 1. The van der Waals surface area contributed by atoms with E-state index in [-0.39, 0.29) is 27.7 Å². The molecule has 0 saturated carbocycles. The average molecular weight is 674 g/mol. The molecule has 4 aromatic carbocycles. The molecule has 5 rings (SSSR count). The van der Waals surface area contributed by atoms with E-state index >= 15 is 0 Å². The second-order valence-electron chi connectivity index (χ2n) is 18.9.